The largest absolute Gasteiger partial charge is 0.350 e. The van der Waals surface area contributed by atoms with Gasteiger partial charge in [-0.3, -0.25) is 4.79 Å². The van der Waals surface area contributed by atoms with Crippen LogP contribution in [0, 0.1) is 5.82 Å². The first-order chi connectivity index (χ1) is 7.91. The molecule has 0 saturated carbocycles. The van der Waals surface area contributed by atoms with Gasteiger partial charge in [0.15, 0.2) is 0 Å². The Kier molecular flexibility index (Phi) is 4.96. The summed E-state index contributed by atoms with van der Waals surface area (Å²) in [6.07, 6.45) is 0. The summed E-state index contributed by atoms with van der Waals surface area (Å²) in [6.45, 7) is 2.56. The van der Waals surface area contributed by atoms with E-state index in [2.05, 4.69) is 17.9 Å². The zero-order valence-electron chi connectivity index (χ0n) is 10.2. The van der Waals surface area contributed by atoms with E-state index in [0.717, 1.165) is 0 Å². The molecule has 0 aromatic heterocycles. The SMILES string of the molecule is CC(CNC(=O)c1ccc(F)c(S)c1)N(C)C. The highest BCUT2D eigenvalue weighted by atomic mass is 32.1. The van der Waals surface area contributed by atoms with E-state index in [-0.39, 0.29) is 16.8 Å². The van der Waals surface area contributed by atoms with Crippen molar-refractivity contribution in [2.45, 2.75) is 17.9 Å². The summed E-state index contributed by atoms with van der Waals surface area (Å²) >= 11 is 3.94. The molecule has 0 bridgehead atoms. The van der Waals surface area contributed by atoms with Crippen LogP contribution in [0.2, 0.25) is 0 Å². The molecular weight excluding hydrogens is 239 g/mol. The Hall–Kier alpha value is -1.07. The highest BCUT2D eigenvalue weighted by molar-refractivity contribution is 7.80. The van der Waals surface area contributed by atoms with E-state index in [1.165, 1.54) is 18.2 Å². The van der Waals surface area contributed by atoms with Crippen molar-refractivity contribution in [2.75, 3.05) is 20.6 Å². The van der Waals surface area contributed by atoms with Gasteiger partial charge < -0.3 is 10.2 Å². The number of hydrogen-bond donors (Lipinski definition) is 2. The average molecular weight is 256 g/mol. The van der Waals surface area contributed by atoms with Gasteiger partial charge in [0.25, 0.3) is 5.91 Å². The Morgan fingerprint density at radius 2 is 2.18 bits per heavy atom. The number of nitrogens with zero attached hydrogens (tertiary/aromatic N) is 1. The zero-order chi connectivity index (χ0) is 13.0. The molecule has 5 heteroatoms. The number of carbonyl (C=O) groups excluding carboxylic acids is 1. The summed E-state index contributed by atoms with van der Waals surface area (Å²) in [5, 5.41) is 2.79. The van der Waals surface area contributed by atoms with Gasteiger partial charge in [0, 0.05) is 23.0 Å². The third-order valence-corrected chi connectivity index (χ3v) is 2.99. The van der Waals surface area contributed by atoms with Crippen molar-refractivity contribution >= 4 is 18.5 Å². The quantitative estimate of drug-likeness (QED) is 0.805. The maximum atomic E-state index is 13.0. The summed E-state index contributed by atoms with van der Waals surface area (Å²) in [7, 11) is 3.89. The Bertz CT molecular complexity index is 409. The van der Waals surface area contributed by atoms with E-state index in [1.54, 1.807) is 0 Å². The van der Waals surface area contributed by atoms with Gasteiger partial charge in [-0.25, -0.2) is 4.39 Å². The third kappa shape index (κ3) is 4.02. The van der Waals surface area contributed by atoms with E-state index in [1.807, 2.05) is 25.9 Å². The first kappa shape index (κ1) is 14.0. The Morgan fingerprint density at radius 3 is 2.71 bits per heavy atom. The molecule has 0 heterocycles. The minimum atomic E-state index is -0.424. The molecule has 1 rings (SSSR count). The van der Waals surface area contributed by atoms with Crippen LogP contribution in [0.3, 0.4) is 0 Å². The molecule has 17 heavy (non-hydrogen) atoms. The van der Waals surface area contributed by atoms with E-state index in [4.69, 9.17) is 0 Å². The van der Waals surface area contributed by atoms with Crippen LogP contribution < -0.4 is 5.32 Å². The number of rotatable bonds is 4. The molecule has 0 aliphatic rings. The van der Waals surface area contributed by atoms with Gasteiger partial charge in [-0.15, -0.1) is 12.6 Å². The molecule has 1 unspecified atom stereocenters. The molecule has 0 aliphatic heterocycles. The lowest BCUT2D eigenvalue weighted by atomic mass is 10.2. The second-order valence-corrected chi connectivity index (χ2v) is 4.67. The maximum Gasteiger partial charge on any atom is 0.251 e. The van der Waals surface area contributed by atoms with E-state index in [9.17, 15) is 9.18 Å². The van der Waals surface area contributed by atoms with Crippen LogP contribution in [0.15, 0.2) is 23.1 Å². The van der Waals surface area contributed by atoms with E-state index < -0.39 is 5.82 Å². The molecule has 0 fully saturated rings. The van der Waals surface area contributed by atoms with Crippen molar-refractivity contribution < 1.29 is 9.18 Å². The molecule has 0 spiro atoms. The smallest absolute Gasteiger partial charge is 0.251 e. The number of thiol groups is 1. The Labute approximate surface area is 106 Å². The fourth-order valence-electron chi connectivity index (χ4n) is 1.18. The van der Waals surface area contributed by atoms with Gasteiger partial charge in [-0.2, -0.15) is 0 Å². The van der Waals surface area contributed by atoms with Crippen molar-refractivity contribution in [2.24, 2.45) is 0 Å². The lowest BCUT2D eigenvalue weighted by Gasteiger charge is -2.19. The standard InChI is InChI=1S/C12H17FN2OS/c1-8(15(2)3)7-14-12(16)9-4-5-10(13)11(17)6-9/h4-6,8,17H,7H2,1-3H3,(H,14,16). The second-order valence-electron chi connectivity index (χ2n) is 4.19. The van der Waals surface area contributed by atoms with Gasteiger partial charge in [-0.1, -0.05) is 0 Å². The van der Waals surface area contributed by atoms with Gasteiger partial charge in [0.05, 0.1) is 0 Å². The minimum absolute atomic E-state index is 0.179. The van der Waals surface area contributed by atoms with Crippen LogP contribution in [0.25, 0.3) is 0 Å². The van der Waals surface area contributed by atoms with Gasteiger partial charge in [0.2, 0.25) is 0 Å². The Morgan fingerprint density at radius 1 is 1.53 bits per heavy atom. The number of carbonyl (C=O) groups is 1. The van der Waals surface area contributed by atoms with Crippen LogP contribution in [0.4, 0.5) is 4.39 Å². The van der Waals surface area contributed by atoms with Gasteiger partial charge >= 0.3 is 0 Å². The average Bonchev–Trinajstić information content (AvgIpc) is 2.28. The van der Waals surface area contributed by atoms with E-state index in [0.29, 0.717) is 12.1 Å². The molecule has 3 nitrogen and oxygen atoms in total. The molecule has 1 N–H and O–H groups in total. The number of halogens is 1. The highest BCUT2D eigenvalue weighted by Crippen LogP contribution is 2.14. The second kappa shape index (κ2) is 6.02. The van der Waals surface area contributed by atoms with Gasteiger partial charge in [0.1, 0.15) is 5.82 Å². The van der Waals surface area contributed by atoms with Crippen molar-refractivity contribution in [3.8, 4) is 0 Å². The summed E-state index contributed by atoms with van der Waals surface area (Å²) in [5.74, 6) is -0.638. The molecule has 0 aliphatic carbocycles. The third-order valence-electron chi connectivity index (χ3n) is 2.65. The number of hydrogen-bond acceptors (Lipinski definition) is 3. The summed E-state index contributed by atoms with van der Waals surface area (Å²) in [4.78, 5) is 13.9. The highest BCUT2D eigenvalue weighted by Gasteiger charge is 2.10. The summed E-state index contributed by atoms with van der Waals surface area (Å²) in [5.41, 5.74) is 0.419. The number of nitrogens with one attached hydrogen (secondary N) is 1. The molecule has 0 radical (unpaired) electrons. The normalized spacial score (nSPS) is 12.6. The minimum Gasteiger partial charge on any atom is -0.350 e. The first-order valence-electron chi connectivity index (χ1n) is 5.35. The van der Waals surface area contributed by atoms with Crippen LogP contribution in [-0.2, 0) is 0 Å². The molecule has 1 atom stereocenters. The Balaban J connectivity index is 2.61. The molecule has 1 aromatic rings. The van der Waals surface area contributed by atoms with Crippen molar-refractivity contribution in [3.05, 3.63) is 29.6 Å². The van der Waals surface area contributed by atoms with Crippen LogP contribution in [0.1, 0.15) is 17.3 Å². The van der Waals surface area contributed by atoms with Crippen LogP contribution in [-0.4, -0.2) is 37.5 Å². The van der Waals surface area contributed by atoms with Crippen LogP contribution >= 0.6 is 12.6 Å². The van der Waals surface area contributed by atoms with Crippen molar-refractivity contribution in [1.82, 2.24) is 10.2 Å². The first-order valence-corrected chi connectivity index (χ1v) is 5.79. The topological polar surface area (TPSA) is 32.3 Å². The van der Waals surface area contributed by atoms with Crippen molar-refractivity contribution in [3.63, 3.8) is 0 Å². The number of benzene rings is 1. The molecule has 0 saturated heterocycles. The lowest BCUT2D eigenvalue weighted by molar-refractivity contribution is 0.0943. The zero-order valence-corrected chi connectivity index (χ0v) is 11.1. The van der Waals surface area contributed by atoms with Crippen molar-refractivity contribution in [1.29, 1.82) is 0 Å². The van der Waals surface area contributed by atoms with Gasteiger partial charge in [-0.05, 0) is 39.2 Å². The van der Waals surface area contributed by atoms with E-state index >= 15 is 0 Å². The predicted octanol–water partition coefficient (Wildman–Crippen LogP) is 1.79. The molecular formula is C12H17FN2OS. The fourth-order valence-corrected chi connectivity index (χ4v) is 1.39. The van der Waals surface area contributed by atoms with Crippen LogP contribution in [0.5, 0.6) is 0 Å². The molecule has 1 amide bonds. The maximum absolute atomic E-state index is 13.0. The number of likely N-dealkylation sites (N-methyl/N-ethyl adjacent to an activating group) is 1. The predicted molar refractivity (Wildman–Crippen MR) is 69.1 cm³/mol. The fraction of sp³-hybridized carbons (Fsp3) is 0.417. The number of amides is 1. The molecule has 1 aromatic carbocycles. The monoisotopic (exact) mass is 256 g/mol. The molecule has 94 valence electrons. The lowest BCUT2D eigenvalue weighted by Crippen LogP contribution is -2.38. The summed E-state index contributed by atoms with van der Waals surface area (Å²) in [6, 6.07) is 4.36. The summed E-state index contributed by atoms with van der Waals surface area (Å²) < 4.78 is 13.0.